The molecule has 0 radical (unpaired) electrons. The number of carbonyl (C=O) groups is 1. The fraction of sp³-hybridized carbons (Fsp3) is 0.611. The van der Waals surface area contributed by atoms with Crippen LogP contribution in [0.3, 0.4) is 0 Å². The van der Waals surface area contributed by atoms with Crippen molar-refractivity contribution < 1.29 is 9.53 Å². The van der Waals surface area contributed by atoms with Crippen LogP contribution in [0.15, 0.2) is 35.4 Å². The lowest BCUT2D eigenvalue weighted by atomic mass is 9.54. The summed E-state index contributed by atoms with van der Waals surface area (Å²) >= 11 is 5.74. The van der Waals surface area contributed by atoms with E-state index in [1.807, 2.05) is 6.08 Å². The van der Waals surface area contributed by atoms with Gasteiger partial charge < -0.3 is 4.74 Å². The van der Waals surface area contributed by atoms with Crippen molar-refractivity contribution in [3.63, 3.8) is 0 Å². The molecule has 1 rings (SSSR count). The monoisotopic (exact) mass is 310 g/mol. The van der Waals surface area contributed by atoms with Gasteiger partial charge in [-0.05, 0) is 42.1 Å². The summed E-state index contributed by atoms with van der Waals surface area (Å²) in [4.78, 5) is 11.6. The predicted molar refractivity (Wildman–Crippen MR) is 89.1 cm³/mol. The molecule has 0 heterocycles. The van der Waals surface area contributed by atoms with E-state index in [9.17, 15) is 4.79 Å². The Balaban J connectivity index is 2.61. The summed E-state index contributed by atoms with van der Waals surface area (Å²) in [7, 11) is 1.36. The predicted octanol–water partition coefficient (Wildman–Crippen LogP) is 5.25. The third-order valence-electron chi connectivity index (χ3n) is 4.34. The lowest BCUT2D eigenvalue weighted by Gasteiger charge is -2.51. The van der Waals surface area contributed by atoms with Gasteiger partial charge in [-0.3, -0.25) is 0 Å². The first kappa shape index (κ1) is 18.0. The zero-order chi connectivity index (χ0) is 16.3. The molecule has 0 aromatic rings. The van der Waals surface area contributed by atoms with Gasteiger partial charge in [-0.15, -0.1) is 0 Å². The molecule has 1 aliphatic carbocycles. The van der Waals surface area contributed by atoms with Crippen LogP contribution in [0, 0.1) is 16.7 Å². The van der Waals surface area contributed by atoms with Crippen LogP contribution in [0.5, 0.6) is 0 Å². The normalized spacial score (nSPS) is 26.6. The highest BCUT2D eigenvalue weighted by Crippen LogP contribution is 2.54. The van der Waals surface area contributed by atoms with Crippen LogP contribution in [0.2, 0.25) is 0 Å². The van der Waals surface area contributed by atoms with Gasteiger partial charge in [0.25, 0.3) is 0 Å². The Bertz CT molecular complexity index is 460. The zero-order valence-corrected chi connectivity index (χ0v) is 14.6. The smallest absolute Gasteiger partial charge is 0.337 e. The van der Waals surface area contributed by atoms with E-state index in [4.69, 9.17) is 16.3 Å². The number of hydrogen-bond donors (Lipinski definition) is 0. The van der Waals surface area contributed by atoms with E-state index in [2.05, 4.69) is 34.3 Å². The van der Waals surface area contributed by atoms with Crippen molar-refractivity contribution >= 4 is 17.6 Å². The molecule has 118 valence electrons. The molecule has 0 atom stereocenters. The summed E-state index contributed by atoms with van der Waals surface area (Å²) in [6.45, 7) is 12.8. The van der Waals surface area contributed by atoms with Crippen LogP contribution in [0.1, 0.15) is 47.0 Å². The highest BCUT2D eigenvalue weighted by molar-refractivity contribution is 6.31. The fourth-order valence-electron chi connectivity index (χ4n) is 2.84. The molecule has 0 amide bonds. The Hall–Kier alpha value is -1.02. The minimum Gasteiger partial charge on any atom is -0.465 e. The van der Waals surface area contributed by atoms with Crippen molar-refractivity contribution in [2.75, 3.05) is 7.11 Å². The van der Waals surface area contributed by atoms with E-state index in [0.717, 1.165) is 12.3 Å². The fourth-order valence-corrected chi connectivity index (χ4v) is 2.96. The van der Waals surface area contributed by atoms with Gasteiger partial charge in [0.15, 0.2) is 0 Å². The summed E-state index contributed by atoms with van der Waals surface area (Å²) in [5.74, 6) is 0.397. The first-order chi connectivity index (χ1) is 9.57. The lowest BCUT2D eigenvalue weighted by Crippen LogP contribution is -2.41. The molecule has 0 aromatic heterocycles. The third kappa shape index (κ3) is 5.35. The maximum atomic E-state index is 11.6. The molecule has 0 bridgehead atoms. The van der Waals surface area contributed by atoms with Crippen LogP contribution < -0.4 is 0 Å². The molecule has 0 aromatic carbocycles. The second-order valence-electron chi connectivity index (χ2n) is 7.43. The molecular formula is C18H27ClO2. The third-order valence-corrected chi connectivity index (χ3v) is 4.45. The van der Waals surface area contributed by atoms with Gasteiger partial charge in [-0.2, -0.15) is 0 Å². The van der Waals surface area contributed by atoms with Gasteiger partial charge in [0.2, 0.25) is 0 Å². The number of halogens is 1. The topological polar surface area (TPSA) is 26.3 Å². The van der Waals surface area contributed by atoms with E-state index >= 15 is 0 Å². The van der Waals surface area contributed by atoms with Gasteiger partial charge in [-0.25, -0.2) is 4.79 Å². The highest BCUT2D eigenvalue weighted by atomic mass is 35.5. The molecule has 0 N–H and O–H groups in total. The van der Waals surface area contributed by atoms with E-state index in [1.165, 1.54) is 26.0 Å². The van der Waals surface area contributed by atoms with Crippen molar-refractivity contribution in [1.29, 1.82) is 0 Å². The molecule has 1 saturated carbocycles. The molecule has 0 saturated heterocycles. The first-order valence-corrected chi connectivity index (χ1v) is 7.76. The molecule has 0 spiro atoms. The molecule has 3 heteroatoms. The Morgan fingerprint density at radius 1 is 1.43 bits per heavy atom. The summed E-state index contributed by atoms with van der Waals surface area (Å²) in [5, 5.41) is 0.322. The van der Waals surface area contributed by atoms with Gasteiger partial charge >= 0.3 is 5.97 Å². The highest BCUT2D eigenvalue weighted by Gasteiger charge is 2.44. The number of ether oxygens (including phenoxy) is 1. The van der Waals surface area contributed by atoms with Gasteiger partial charge in [0, 0.05) is 5.03 Å². The Labute approximate surface area is 133 Å². The maximum absolute atomic E-state index is 11.6. The largest absolute Gasteiger partial charge is 0.465 e. The van der Waals surface area contributed by atoms with E-state index < -0.39 is 0 Å². The van der Waals surface area contributed by atoms with E-state index in [-0.39, 0.29) is 5.97 Å². The van der Waals surface area contributed by atoms with Gasteiger partial charge in [-0.1, -0.05) is 58.0 Å². The van der Waals surface area contributed by atoms with Crippen LogP contribution in [-0.2, 0) is 9.53 Å². The maximum Gasteiger partial charge on any atom is 0.337 e. The van der Waals surface area contributed by atoms with Crippen LogP contribution >= 0.6 is 11.6 Å². The molecule has 2 nitrogen and oxygen atoms in total. The number of rotatable bonds is 5. The second-order valence-corrected chi connectivity index (χ2v) is 7.91. The first-order valence-electron chi connectivity index (χ1n) is 7.38. The number of allylic oxidation sites excluding steroid dienone is 3. The molecule has 0 unspecified atom stereocenters. The summed E-state index contributed by atoms with van der Waals surface area (Å²) in [6.07, 6.45) is 8.80. The van der Waals surface area contributed by atoms with Crippen LogP contribution in [-0.4, -0.2) is 13.1 Å². The zero-order valence-electron chi connectivity index (χ0n) is 13.8. The van der Waals surface area contributed by atoms with Gasteiger partial charge in [0.1, 0.15) is 0 Å². The Kier molecular flexibility index (Phi) is 5.86. The SMILES string of the molecule is C=C(Cl)/C=C(\C=C/CC1(C)CC(C(C)(C)C)C1)C(=O)OC. The summed E-state index contributed by atoms with van der Waals surface area (Å²) in [6, 6.07) is 0. The average Bonchev–Trinajstić information content (AvgIpc) is 2.31. The Morgan fingerprint density at radius 3 is 2.43 bits per heavy atom. The van der Waals surface area contributed by atoms with Crippen molar-refractivity contribution in [2.45, 2.75) is 47.0 Å². The molecule has 1 fully saturated rings. The van der Waals surface area contributed by atoms with Crippen molar-refractivity contribution in [3.8, 4) is 0 Å². The average molecular weight is 311 g/mol. The second kappa shape index (κ2) is 6.83. The number of methoxy groups -OCH3 is 1. The van der Waals surface area contributed by atoms with Crippen LogP contribution in [0.25, 0.3) is 0 Å². The van der Waals surface area contributed by atoms with E-state index in [1.54, 1.807) is 6.08 Å². The van der Waals surface area contributed by atoms with Gasteiger partial charge in [0.05, 0.1) is 12.7 Å². The number of hydrogen-bond acceptors (Lipinski definition) is 2. The number of carbonyl (C=O) groups excluding carboxylic acids is 1. The van der Waals surface area contributed by atoms with Crippen LogP contribution in [0.4, 0.5) is 0 Å². The molecule has 1 aliphatic rings. The molecular weight excluding hydrogens is 284 g/mol. The molecule has 21 heavy (non-hydrogen) atoms. The van der Waals surface area contributed by atoms with Crippen molar-refractivity contribution in [1.82, 2.24) is 0 Å². The standard InChI is InChI=1S/C18H27ClO2/c1-13(19)10-14(16(20)21-6)8-7-9-18(5)11-15(12-18)17(2,3)4/h7-8,10,15H,1,9,11-12H2,2-6H3/b8-7-,14-10+. The Morgan fingerprint density at radius 2 is 2.00 bits per heavy atom. The minimum atomic E-state index is -0.389. The van der Waals surface area contributed by atoms with E-state index in [0.29, 0.717) is 21.4 Å². The molecule has 0 aliphatic heterocycles. The summed E-state index contributed by atoms with van der Waals surface area (Å²) < 4.78 is 4.74. The minimum absolute atomic E-state index is 0.322. The quantitative estimate of drug-likeness (QED) is 0.394. The summed E-state index contributed by atoms with van der Waals surface area (Å²) in [5.41, 5.74) is 1.16. The number of esters is 1. The van der Waals surface area contributed by atoms with Crippen molar-refractivity contribution in [3.05, 3.63) is 35.4 Å². The van der Waals surface area contributed by atoms with Crippen molar-refractivity contribution in [2.24, 2.45) is 16.7 Å². The lowest BCUT2D eigenvalue weighted by molar-refractivity contribution is -0.135.